The van der Waals surface area contributed by atoms with Crippen LogP contribution < -0.4 is 5.32 Å². The van der Waals surface area contributed by atoms with E-state index in [-0.39, 0.29) is 12.5 Å². The maximum atomic E-state index is 11.9. The fourth-order valence-electron chi connectivity index (χ4n) is 1.61. The molecule has 100 valence electrons. The molecule has 1 amide bonds. The number of nitrogens with zero attached hydrogens (tertiary/aromatic N) is 2. The van der Waals surface area contributed by atoms with E-state index in [9.17, 15) is 4.79 Å². The average molecular weight is 280 g/mol. The molecule has 6 heteroatoms. The number of rotatable bonds is 4. The molecular weight excluding hydrogens is 266 g/mol. The van der Waals surface area contributed by atoms with Crippen LogP contribution >= 0.6 is 11.6 Å². The maximum absolute atomic E-state index is 11.9. The lowest BCUT2D eigenvalue weighted by Crippen LogP contribution is -2.23. The number of nitrogens with one attached hydrogen (secondary N) is 1. The quantitative estimate of drug-likeness (QED) is 0.873. The first kappa shape index (κ1) is 13.5. The molecule has 2 rings (SSSR count). The van der Waals surface area contributed by atoms with E-state index < -0.39 is 0 Å². The lowest BCUT2D eigenvalue weighted by Gasteiger charge is -2.04. The Kier molecular flexibility index (Phi) is 4.16. The molecule has 0 aliphatic heterocycles. The largest absolute Gasteiger partial charge is 0.444 e. The van der Waals surface area contributed by atoms with Gasteiger partial charge in [-0.1, -0.05) is 18.5 Å². The van der Waals surface area contributed by atoms with Crippen LogP contribution in [-0.4, -0.2) is 15.9 Å². The highest BCUT2D eigenvalue weighted by Crippen LogP contribution is 2.10. The number of hydrogen-bond donors (Lipinski definition) is 1. The predicted octanol–water partition coefficient (Wildman–Crippen LogP) is 2.52. The van der Waals surface area contributed by atoms with E-state index >= 15 is 0 Å². The minimum absolute atomic E-state index is 0.233. The topological polar surface area (TPSA) is 68.0 Å². The first-order valence-electron chi connectivity index (χ1n) is 5.94. The fraction of sp³-hybridized carbons (Fsp3) is 0.308. The second kappa shape index (κ2) is 5.84. The number of pyridine rings is 1. The molecule has 0 spiro atoms. The van der Waals surface area contributed by atoms with E-state index in [4.69, 9.17) is 16.0 Å². The van der Waals surface area contributed by atoms with E-state index in [0.29, 0.717) is 22.3 Å². The molecule has 0 aliphatic rings. The summed E-state index contributed by atoms with van der Waals surface area (Å²) in [6.07, 6.45) is 2.44. The van der Waals surface area contributed by atoms with Crippen molar-refractivity contribution < 1.29 is 9.21 Å². The second-order valence-corrected chi connectivity index (χ2v) is 4.46. The summed E-state index contributed by atoms with van der Waals surface area (Å²) in [6, 6.07) is 3.20. The molecule has 0 bridgehead atoms. The van der Waals surface area contributed by atoms with Gasteiger partial charge in [0.2, 0.25) is 5.89 Å². The summed E-state index contributed by atoms with van der Waals surface area (Å²) in [6.45, 7) is 4.01. The van der Waals surface area contributed by atoms with Gasteiger partial charge in [0.05, 0.1) is 12.7 Å². The number of aryl methyl sites for hydroxylation is 2. The third-order valence-electron chi connectivity index (χ3n) is 2.53. The van der Waals surface area contributed by atoms with E-state index in [1.807, 2.05) is 6.92 Å². The van der Waals surface area contributed by atoms with Crippen LogP contribution in [-0.2, 0) is 13.0 Å². The molecule has 0 radical (unpaired) electrons. The second-order valence-electron chi connectivity index (χ2n) is 4.08. The van der Waals surface area contributed by atoms with Gasteiger partial charge in [-0.2, -0.15) is 0 Å². The normalized spacial score (nSPS) is 10.5. The minimum Gasteiger partial charge on any atom is -0.444 e. The molecule has 2 aromatic heterocycles. The summed E-state index contributed by atoms with van der Waals surface area (Å²) in [7, 11) is 0. The Morgan fingerprint density at radius 3 is 2.89 bits per heavy atom. The first-order chi connectivity index (χ1) is 9.08. The molecule has 0 saturated heterocycles. The van der Waals surface area contributed by atoms with Crippen molar-refractivity contribution in [2.75, 3.05) is 0 Å². The van der Waals surface area contributed by atoms with Crippen molar-refractivity contribution in [2.24, 2.45) is 0 Å². The van der Waals surface area contributed by atoms with Gasteiger partial charge in [0, 0.05) is 17.7 Å². The highest BCUT2D eigenvalue weighted by Gasteiger charge is 2.09. The maximum Gasteiger partial charge on any atom is 0.251 e. The summed E-state index contributed by atoms with van der Waals surface area (Å²) in [5, 5.41) is 3.03. The van der Waals surface area contributed by atoms with Gasteiger partial charge >= 0.3 is 0 Å². The van der Waals surface area contributed by atoms with Crippen LogP contribution in [0.4, 0.5) is 0 Å². The molecule has 0 saturated carbocycles. The number of carbonyl (C=O) groups is 1. The smallest absolute Gasteiger partial charge is 0.251 e. The number of carbonyl (C=O) groups excluding carboxylic acids is 1. The molecule has 5 nitrogen and oxygen atoms in total. The Balaban J connectivity index is 2.00. The SMILES string of the molecule is CCc1cnc(CNC(=O)c2cc(C)nc(Cl)c2)o1. The van der Waals surface area contributed by atoms with E-state index in [1.165, 1.54) is 6.07 Å². The van der Waals surface area contributed by atoms with Crippen LogP contribution in [0.15, 0.2) is 22.7 Å². The Morgan fingerprint density at radius 1 is 1.47 bits per heavy atom. The van der Waals surface area contributed by atoms with E-state index in [2.05, 4.69) is 15.3 Å². The molecule has 0 aliphatic carbocycles. The molecule has 0 unspecified atom stereocenters. The van der Waals surface area contributed by atoms with Gasteiger partial charge in [0.15, 0.2) is 0 Å². The van der Waals surface area contributed by atoms with Crippen molar-refractivity contribution in [3.8, 4) is 0 Å². The summed E-state index contributed by atoms with van der Waals surface area (Å²) in [4.78, 5) is 20.0. The molecule has 2 heterocycles. The van der Waals surface area contributed by atoms with Gasteiger partial charge in [0.1, 0.15) is 10.9 Å². The summed E-state index contributed by atoms with van der Waals surface area (Å²) in [5.74, 6) is 1.05. The third-order valence-corrected chi connectivity index (χ3v) is 2.73. The molecule has 19 heavy (non-hydrogen) atoms. The van der Waals surface area contributed by atoms with Crippen molar-refractivity contribution in [3.05, 3.63) is 46.4 Å². The van der Waals surface area contributed by atoms with Crippen LogP contribution in [0.25, 0.3) is 0 Å². The predicted molar refractivity (Wildman–Crippen MR) is 71.0 cm³/mol. The van der Waals surface area contributed by atoms with Gasteiger partial charge in [-0.25, -0.2) is 9.97 Å². The van der Waals surface area contributed by atoms with Gasteiger partial charge in [0.25, 0.3) is 5.91 Å². The average Bonchev–Trinajstić information content (AvgIpc) is 2.82. The van der Waals surface area contributed by atoms with Crippen LogP contribution in [0, 0.1) is 6.92 Å². The van der Waals surface area contributed by atoms with Crippen molar-refractivity contribution in [2.45, 2.75) is 26.8 Å². The lowest BCUT2D eigenvalue weighted by atomic mass is 10.2. The van der Waals surface area contributed by atoms with Crippen LogP contribution in [0.2, 0.25) is 5.15 Å². The molecule has 0 atom stereocenters. The van der Waals surface area contributed by atoms with Crippen LogP contribution in [0.3, 0.4) is 0 Å². The lowest BCUT2D eigenvalue weighted by molar-refractivity contribution is 0.0947. The Morgan fingerprint density at radius 2 is 2.26 bits per heavy atom. The van der Waals surface area contributed by atoms with Crippen molar-refractivity contribution in [1.29, 1.82) is 0 Å². The van der Waals surface area contributed by atoms with Crippen LogP contribution in [0.5, 0.6) is 0 Å². The summed E-state index contributed by atoms with van der Waals surface area (Å²) in [5.41, 5.74) is 1.17. The van der Waals surface area contributed by atoms with E-state index in [0.717, 1.165) is 12.2 Å². The first-order valence-corrected chi connectivity index (χ1v) is 6.32. The molecule has 2 aromatic rings. The molecule has 0 aromatic carbocycles. The van der Waals surface area contributed by atoms with Gasteiger partial charge in [-0.05, 0) is 19.1 Å². The summed E-state index contributed by atoms with van der Waals surface area (Å²) >= 11 is 5.81. The zero-order valence-corrected chi connectivity index (χ0v) is 11.5. The zero-order valence-electron chi connectivity index (χ0n) is 10.7. The molecule has 1 N–H and O–H groups in total. The number of halogens is 1. The Bertz CT molecular complexity index is 575. The van der Waals surface area contributed by atoms with Gasteiger partial charge in [-0.3, -0.25) is 4.79 Å². The highest BCUT2D eigenvalue weighted by molar-refractivity contribution is 6.29. The van der Waals surface area contributed by atoms with E-state index in [1.54, 1.807) is 19.2 Å². The number of oxazole rings is 1. The standard InChI is InChI=1S/C13H14ClN3O2/c1-3-10-6-15-12(19-10)7-16-13(18)9-4-8(2)17-11(14)5-9/h4-6H,3,7H2,1-2H3,(H,16,18). The number of hydrogen-bond acceptors (Lipinski definition) is 4. The summed E-state index contributed by atoms with van der Waals surface area (Å²) < 4.78 is 5.40. The van der Waals surface area contributed by atoms with Crippen LogP contribution in [0.1, 0.15) is 34.6 Å². The van der Waals surface area contributed by atoms with Gasteiger partial charge in [-0.15, -0.1) is 0 Å². The fourth-order valence-corrected chi connectivity index (χ4v) is 1.86. The number of aromatic nitrogens is 2. The number of amides is 1. The highest BCUT2D eigenvalue weighted by atomic mass is 35.5. The Labute approximate surface area is 116 Å². The molecular formula is C13H14ClN3O2. The van der Waals surface area contributed by atoms with Crippen molar-refractivity contribution in [1.82, 2.24) is 15.3 Å². The molecule has 0 fully saturated rings. The van der Waals surface area contributed by atoms with Crippen molar-refractivity contribution >= 4 is 17.5 Å². The van der Waals surface area contributed by atoms with Gasteiger partial charge < -0.3 is 9.73 Å². The monoisotopic (exact) mass is 279 g/mol. The zero-order chi connectivity index (χ0) is 13.8. The Hall–Kier alpha value is -1.88. The third kappa shape index (κ3) is 3.54. The minimum atomic E-state index is -0.233. The van der Waals surface area contributed by atoms with Crippen molar-refractivity contribution in [3.63, 3.8) is 0 Å².